The summed E-state index contributed by atoms with van der Waals surface area (Å²) in [5, 5.41) is 3.09. The molecule has 1 aromatic carbocycles. The third-order valence-electron chi connectivity index (χ3n) is 3.64. The molecule has 0 amide bonds. The summed E-state index contributed by atoms with van der Waals surface area (Å²) >= 11 is 1.63. The van der Waals surface area contributed by atoms with Gasteiger partial charge >= 0.3 is 0 Å². The number of aromatic nitrogens is 1. The minimum Gasteiger partial charge on any atom is -0.379 e. The molecule has 132 valence electrons. The molecule has 8 nitrogen and oxygen atoms in total. The number of thiazole rings is 1. The van der Waals surface area contributed by atoms with E-state index < -0.39 is 0 Å². The van der Waals surface area contributed by atoms with Crippen LogP contribution in [0.25, 0.3) is 10.6 Å². The minimum absolute atomic E-state index is 0.0230. The van der Waals surface area contributed by atoms with Crippen molar-refractivity contribution in [2.45, 2.75) is 6.54 Å². The molecule has 0 saturated carbocycles. The third kappa shape index (κ3) is 4.99. The van der Waals surface area contributed by atoms with Gasteiger partial charge in [-0.05, 0) is 24.3 Å². The van der Waals surface area contributed by atoms with Crippen molar-refractivity contribution in [3.05, 3.63) is 35.3 Å². The van der Waals surface area contributed by atoms with Gasteiger partial charge in [0.25, 0.3) is 0 Å². The molecule has 6 N–H and O–H groups in total. The van der Waals surface area contributed by atoms with Crippen molar-refractivity contribution in [2.24, 2.45) is 27.2 Å². The molecule has 0 bridgehead atoms. The van der Waals surface area contributed by atoms with E-state index in [2.05, 4.69) is 20.3 Å². The molecule has 2 heterocycles. The normalized spacial score (nSPS) is 15.9. The van der Waals surface area contributed by atoms with Gasteiger partial charge in [-0.2, -0.15) is 4.99 Å². The fraction of sp³-hybridized carbons (Fsp3) is 0.312. The molecule has 0 radical (unpaired) electrons. The van der Waals surface area contributed by atoms with Crippen LogP contribution in [0.4, 0.5) is 5.69 Å². The highest BCUT2D eigenvalue weighted by molar-refractivity contribution is 7.13. The Kier molecular flexibility index (Phi) is 5.59. The number of rotatable bonds is 4. The molecule has 1 fully saturated rings. The number of hydrogen-bond donors (Lipinski definition) is 3. The van der Waals surface area contributed by atoms with Crippen molar-refractivity contribution in [2.75, 3.05) is 26.3 Å². The monoisotopic (exact) mass is 359 g/mol. The van der Waals surface area contributed by atoms with Gasteiger partial charge in [0.05, 0.1) is 24.6 Å². The SMILES string of the molecule is NC(N)=NC(N)=Nc1ccc(-c2nc(CN3CCOCC3)cs2)cc1. The fourth-order valence-electron chi connectivity index (χ4n) is 2.47. The van der Waals surface area contributed by atoms with Gasteiger partial charge in [-0.3, -0.25) is 4.90 Å². The Bertz CT molecular complexity index is 759. The number of morpholine rings is 1. The first-order valence-electron chi connectivity index (χ1n) is 7.89. The van der Waals surface area contributed by atoms with Gasteiger partial charge in [-0.1, -0.05) is 0 Å². The van der Waals surface area contributed by atoms with Gasteiger partial charge in [-0.15, -0.1) is 11.3 Å². The number of nitrogens with two attached hydrogens (primary N) is 3. The van der Waals surface area contributed by atoms with Crippen LogP contribution in [-0.4, -0.2) is 48.1 Å². The molecule has 25 heavy (non-hydrogen) atoms. The van der Waals surface area contributed by atoms with Crippen LogP contribution in [0.2, 0.25) is 0 Å². The lowest BCUT2D eigenvalue weighted by molar-refractivity contribution is 0.0337. The first-order chi connectivity index (χ1) is 12.1. The lowest BCUT2D eigenvalue weighted by Gasteiger charge is -2.25. The van der Waals surface area contributed by atoms with Crippen LogP contribution in [0.3, 0.4) is 0 Å². The zero-order chi connectivity index (χ0) is 17.6. The van der Waals surface area contributed by atoms with E-state index in [-0.39, 0.29) is 11.9 Å². The highest BCUT2D eigenvalue weighted by atomic mass is 32.1. The molecule has 2 aromatic rings. The summed E-state index contributed by atoms with van der Waals surface area (Å²) < 4.78 is 5.37. The van der Waals surface area contributed by atoms with Gasteiger partial charge in [-0.25, -0.2) is 9.98 Å². The highest BCUT2D eigenvalue weighted by Gasteiger charge is 2.13. The highest BCUT2D eigenvalue weighted by Crippen LogP contribution is 2.26. The van der Waals surface area contributed by atoms with Gasteiger partial charge in [0.1, 0.15) is 5.01 Å². The number of ether oxygens (including phenoxy) is 1. The van der Waals surface area contributed by atoms with E-state index in [9.17, 15) is 0 Å². The molecule has 1 saturated heterocycles. The summed E-state index contributed by atoms with van der Waals surface area (Å²) in [7, 11) is 0. The quantitative estimate of drug-likeness (QED) is 0.549. The van der Waals surface area contributed by atoms with Gasteiger partial charge in [0.2, 0.25) is 5.96 Å². The van der Waals surface area contributed by atoms with Crippen LogP contribution in [0.5, 0.6) is 0 Å². The molecule has 1 aliphatic rings. The standard InChI is InChI=1S/C16H21N7OS/c17-15(18)22-16(19)21-12-3-1-11(2-4-12)14-20-13(10-25-14)9-23-5-7-24-8-6-23/h1-4,10H,5-9H2,(H6,17,18,19,21,22). The van der Waals surface area contributed by atoms with Gasteiger partial charge < -0.3 is 21.9 Å². The maximum Gasteiger partial charge on any atom is 0.223 e. The summed E-state index contributed by atoms with van der Waals surface area (Å²) in [6.07, 6.45) is 0. The first-order valence-corrected chi connectivity index (χ1v) is 8.77. The lowest BCUT2D eigenvalue weighted by Crippen LogP contribution is -2.35. The predicted octanol–water partition coefficient (Wildman–Crippen LogP) is 0.862. The maximum atomic E-state index is 5.63. The van der Waals surface area contributed by atoms with Crippen molar-refractivity contribution in [3.63, 3.8) is 0 Å². The number of aliphatic imine (C=N–C) groups is 2. The minimum atomic E-state index is -0.117. The number of nitrogens with zero attached hydrogens (tertiary/aromatic N) is 4. The van der Waals surface area contributed by atoms with Crippen molar-refractivity contribution >= 4 is 28.9 Å². The van der Waals surface area contributed by atoms with E-state index in [1.807, 2.05) is 24.3 Å². The first kappa shape index (κ1) is 17.3. The van der Waals surface area contributed by atoms with Crippen molar-refractivity contribution < 1.29 is 4.74 Å². The lowest BCUT2D eigenvalue weighted by atomic mass is 10.2. The van der Waals surface area contributed by atoms with Gasteiger partial charge in [0, 0.05) is 30.6 Å². The average Bonchev–Trinajstić information content (AvgIpc) is 3.04. The van der Waals surface area contributed by atoms with Crippen LogP contribution in [0, 0.1) is 0 Å². The van der Waals surface area contributed by atoms with Crippen LogP contribution in [0.15, 0.2) is 39.6 Å². The number of benzene rings is 1. The van der Waals surface area contributed by atoms with Crippen LogP contribution < -0.4 is 17.2 Å². The largest absolute Gasteiger partial charge is 0.379 e. The Morgan fingerprint density at radius 3 is 2.56 bits per heavy atom. The maximum absolute atomic E-state index is 5.63. The molecular weight excluding hydrogens is 338 g/mol. The summed E-state index contributed by atoms with van der Waals surface area (Å²) in [4.78, 5) is 14.9. The molecule has 0 atom stereocenters. The Hall–Kier alpha value is -2.49. The second-order valence-corrected chi connectivity index (χ2v) is 6.44. The van der Waals surface area contributed by atoms with E-state index >= 15 is 0 Å². The van der Waals surface area contributed by atoms with Gasteiger partial charge in [0.15, 0.2) is 5.96 Å². The predicted molar refractivity (Wildman–Crippen MR) is 101 cm³/mol. The van der Waals surface area contributed by atoms with E-state index in [1.165, 1.54) is 0 Å². The number of hydrogen-bond acceptors (Lipinski definition) is 5. The topological polar surface area (TPSA) is 128 Å². The second kappa shape index (κ2) is 8.06. The third-order valence-corrected chi connectivity index (χ3v) is 4.58. The molecule has 0 spiro atoms. The molecule has 9 heteroatoms. The Labute approximate surface area is 150 Å². The average molecular weight is 359 g/mol. The summed E-state index contributed by atoms with van der Waals surface area (Å²) in [6, 6.07) is 7.62. The van der Waals surface area contributed by atoms with E-state index in [4.69, 9.17) is 26.9 Å². The zero-order valence-corrected chi connectivity index (χ0v) is 14.6. The molecule has 1 aromatic heterocycles. The molecule has 3 rings (SSSR count). The second-order valence-electron chi connectivity index (χ2n) is 5.59. The smallest absolute Gasteiger partial charge is 0.223 e. The van der Waals surface area contributed by atoms with Crippen molar-refractivity contribution in [1.82, 2.24) is 9.88 Å². The molecule has 0 unspecified atom stereocenters. The van der Waals surface area contributed by atoms with Crippen molar-refractivity contribution in [3.8, 4) is 10.6 Å². The van der Waals surface area contributed by atoms with E-state index in [0.717, 1.165) is 49.1 Å². The molecule has 0 aliphatic carbocycles. The Morgan fingerprint density at radius 1 is 1.16 bits per heavy atom. The summed E-state index contributed by atoms with van der Waals surface area (Å²) in [5.74, 6) is -0.0942. The Balaban J connectivity index is 1.67. The van der Waals surface area contributed by atoms with Crippen LogP contribution in [-0.2, 0) is 11.3 Å². The molecule has 1 aliphatic heterocycles. The van der Waals surface area contributed by atoms with Crippen LogP contribution in [0.1, 0.15) is 5.69 Å². The zero-order valence-electron chi connectivity index (χ0n) is 13.8. The number of guanidine groups is 2. The molecular formula is C16H21N7OS. The summed E-state index contributed by atoms with van der Waals surface area (Å²) in [5.41, 5.74) is 19.0. The summed E-state index contributed by atoms with van der Waals surface area (Å²) in [6.45, 7) is 4.36. The van der Waals surface area contributed by atoms with E-state index in [1.54, 1.807) is 11.3 Å². The fourth-order valence-corrected chi connectivity index (χ4v) is 3.29. The van der Waals surface area contributed by atoms with Crippen molar-refractivity contribution in [1.29, 1.82) is 0 Å². The van der Waals surface area contributed by atoms with E-state index in [0.29, 0.717) is 5.69 Å². The Morgan fingerprint density at radius 2 is 1.88 bits per heavy atom. The van der Waals surface area contributed by atoms with Crippen LogP contribution >= 0.6 is 11.3 Å².